The second-order valence-electron chi connectivity index (χ2n) is 4.47. The Morgan fingerprint density at radius 1 is 1.37 bits per heavy atom. The van der Waals surface area contributed by atoms with Crippen molar-refractivity contribution in [2.24, 2.45) is 0 Å². The number of thiophene rings is 1. The van der Waals surface area contributed by atoms with E-state index in [4.69, 9.17) is 5.73 Å². The van der Waals surface area contributed by atoms with Crippen LogP contribution in [0.2, 0.25) is 0 Å². The van der Waals surface area contributed by atoms with Crippen LogP contribution in [0.25, 0.3) is 10.2 Å². The molecule has 1 aromatic carbocycles. The molecule has 0 atom stereocenters. The summed E-state index contributed by atoms with van der Waals surface area (Å²) >= 11 is 1.44. The molecule has 0 spiro atoms. The standard InChI is InChI=1S/C14H13N3OS/c1-9-7-19-13-12(9)16-8-17(14(13)18)6-10-4-2-3-5-11(10)15/h2-5,7-8H,6,15H2,1H3. The van der Waals surface area contributed by atoms with Crippen LogP contribution in [0.3, 0.4) is 0 Å². The van der Waals surface area contributed by atoms with Gasteiger partial charge in [0, 0.05) is 5.69 Å². The molecule has 4 nitrogen and oxygen atoms in total. The predicted octanol–water partition coefficient (Wildman–Crippen LogP) is 2.40. The van der Waals surface area contributed by atoms with Crippen molar-refractivity contribution in [3.8, 4) is 0 Å². The summed E-state index contributed by atoms with van der Waals surface area (Å²) in [6.07, 6.45) is 1.59. The molecule has 0 unspecified atom stereocenters. The number of para-hydroxylation sites is 1. The normalized spacial score (nSPS) is 11.0. The molecular formula is C14H13N3OS. The SMILES string of the molecule is Cc1csc2c(=O)n(Cc3ccccc3N)cnc12. The summed E-state index contributed by atoms with van der Waals surface area (Å²) in [4.78, 5) is 16.7. The Bertz CT molecular complexity index is 804. The highest BCUT2D eigenvalue weighted by Gasteiger charge is 2.09. The molecule has 0 saturated heterocycles. The topological polar surface area (TPSA) is 60.9 Å². The first-order valence-corrected chi connectivity index (χ1v) is 6.81. The average Bonchev–Trinajstić information content (AvgIpc) is 2.78. The molecule has 2 aromatic heterocycles. The number of nitrogens with two attached hydrogens (primary N) is 1. The molecule has 19 heavy (non-hydrogen) atoms. The van der Waals surface area contributed by atoms with Crippen molar-refractivity contribution in [3.05, 3.63) is 57.5 Å². The van der Waals surface area contributed by atoms with Gasteiger partial charge in [0.05, 0.1) is 18.4 Å². The molecule has 0 saturated carbocycles. The highest BCUT2D eigenvalue weighted by molar-refractivity contribution is 7.17. The first kappa shape index (κ1) is 11.9. The number of nitrogen functional groups attached to an aromatic ring is 1. The second-order valence-corrected chi connectivity index (χ2v) is 5.35. The quantitative estimate of drug-likeness (QED) is 0.728. The Morgan fingerprint density at radius 3 is 2.95 bits per heavy atom. The van der Waals surface area contributed by atoms with E-state index in [1.165, 1.54) is 11.3 Å². The van der Waals surface area contributed by atoms with Gasteiger partial charge >= 0.3 is 0 Å². The number of hydrogen-bond donors (Lipinski definition) is 1. The predicted molar refractivity (Wildman–Crippen MR) is 78.6 cm³/mol. The van der Waals surface area contributed by atoms with Gasteiger partial charge in [0.2, 0.25) is 0 Å². The second kappa shape index (κ2) is 4.51. The summed E-state index contributed by atoms with van der Waals surface area (Å²) in [5.74, 6) is 0. The number of rotatable bonds is 2. The van der Waals surface area contributed by atoms with Gasteiger partial charge in [-0.3, -0.25) is 9.36 Å². The Labute approximate surface area is 114 Å². The van der Waals surface area contributed by atoms with Crippen molar-refractivity contribution in [2.45, 2.75) is 13.5 Å². The third-order valence-electron chi connectivity index (χ3n) is 3.12. The fourth-order valence-electron chi connectivity index (χ4n) is 2.03. The van der Waals surface area contributed by atoms with Crippen molar-refractivity contribution in [2.75, 3.05) is 5.73 Å². The Hall–Kier alpha value is -2.14. The van der Waals surface area contributed by atoms with Crippen LogP contribution < -0.4 is 11.3 Å². The lowest BCUT2D eigenvalue weighted by molar-refractivity contribution is 0.751. The monoisotopic (exact) mass is 271 g/mol. The van der Waals surface area contributed by atoms with Crippen LogP contribution in [-0.4, -0.2) is 9.55 Å². The molecule has 0 radical (unpaired) electrons. The summed E-state index contributed by atoms with van der Waals surface area (Å²) in [6.45, 7) is 2.41. The highest BCUT2D eigenvalue weighted by atomic mass is 32.1. The zero-order chi connectivity index (χ0) is 13.4. The van der Waals surface area contributed by atoms with Gasteiger partial charge in [-0.1, -0.05) is 18.2 Å². The molecular weight excluding hydrogens is 258 g/mol. The van der Waals surface area contributed by atoms with Crippen LogP contribution in [0.1, 0.15) is 11.1 Å². The van der Waals surface area contributed by atoms with Crippen molar-refractivity contribution in [3.63, 3.8) is 0 Å². The number of nitrogens with zero attached hydrogens (tertiary/aromatic N) is 2. The minimum atomic E-state index is -0.00801. The summed E-state index contributed by atoms with van der Waals surface area (Å²) in [5.41, 5.74) is 9.36. The maximum Gasteiger partial charge on any atom is 0.271 e. The molecule has 0 bridgehead atoms. The van der Waals surface area contributed by atoms with Gasteiger partial charge < -0.3 is 5.73 Å². The van der Waals surface area contributed by atoms with E-state index >= 15 is 0 Å². The van der Waals surface area contributed by atoms with E-state index < -0.39 is 0 Å². The molecule has 96 valence electrons. The average molecular weight is 271 g/mol. The van der Waals surface area contributed by atoms with Crippen LogP contribution in [0.5, 0.6) is 0 Å². The first-order chi connectivity index (χ1) is 9.16. The maximum absolute atomic E-state index is 12.4. The van der Waals surface area contributed by atoms with Crippen LogP contribution >= 0.6 is 11.3 Å². The molecule has 0 fully saturated rings. The first-order valence-electron chi connectivity index (χ1n) is 5.93. The molecule has 3 aromatic rings. The molecule has 5 heteroatoms. The van der Waals surface area contributed by atoms with Gasteiger partial charge in [-0.25, -0.2) is 4.98 Å². The van der Waals surface area contributed by atoms with E-state index in [1.807, 2.05) is 36.6 Å². The lowest BCUT2D eigenvalue weighted by Gasteiger charge is -2.07. The zero-order valence-corrected chi connectivity index (χ0v) is 11.3. The Morgan fingerprint density at radius 2 is 2.16 bits per heavy atom. The zero-order valence-electron chi connectivity index (χ0n) is 10.5. The number of benzene rings is 1. The van der Waals surface area contributed by atoms with Gasteiger partial charge in [-0.05, 0) is 29.5 Å². The summed E-state index contributed by atoms with van der Waals surface area (Å²) in [5, 5.41) is 1.96. The number of hydrogen-bond acceptors (Lipinski definition) is 4. The highest BCUT2D eigenvalue weighted by Crippen LogP contribution is 2.20. The van der Waals surface area contributed by atoms with Crippen LogP contribution in [0, 0.1) is 6.92 Å². The van der Waals surface area contributed by atoms with Crippen molar-refractivity contribution in [1.29, 1.82) is 0 Å². The summed E-state index contributed by atoms with van der Waals surface area (Å²) in [6, 6.07) is 7.55. The number of fused-ring (bicyclic) bond motifs is 1. The number of aryl methyl sites for hydroxylation is 1. The minimum absolute atomic E-state index is 0.00801. The van der Waals surface area contributed by atoms with Crippen LogP contribution in [0.15, 0.2) is 40.8 Å². The fraction of sp³-hybridized carbons (Fsp3) is 0.143. The lowest BCUT2D eigenvalue weighted by Crippen LogP contribution is -2.20. The van der Waals surface area contributed by atoms with E-state index in [0.29, 0.717) is 16.9 Å². The van der Waals surface area contributed by atoms with Gasteiger partial charge in [0.1, 0.15) is 4.70 Å². The number of aromatic nitrogens is 2. The fourth-order valence-corrected chi connectivity index (χ4v) is 2.98. The molecule has 0 aliphatic carbocycles. The van der Waals surface area contributed by atoms with Crippen molar-refractivity contribution in [1.82, 2.24) is 9.55 Å². The van der Waals surface area contributed by atoms with Crippen molar-refractivity contribution >= 4 is 27.2 Å². The van der Waals surface area contributed by atoms with E-state index in [1.54, 1.807) is 10.9 Å². The lowest BCUT2D eigenvalue weighted by atomic mass is 10.2. The largest absolute Gasteiger partial charge is 0.398 e. The third-order valence-corrected chi connectivity index (χ3v) is 4.19. The summed E-state index contributed by atoms with van der Waals surface area (Å²) in [7, 11) is 0. The van der Waals surface area contributed by atoms with Crippen molar-refractivity contribution < 1.29 is 0 Å². The molecule has 0 aliphatic heterocycles. The summed E-state index contributed by atoms with van der Waals surface area (Å²) < 4.78 is 2.30. The van der Waals surface area contributed by atoms with E-state index in [9.17, 15) is 4.79 Å². The minimum Gasteiger partial charge on any atom is -0.398 e. The number of anilines is 1. The van der Waals surface area contributed by atoms with E-state index in [0.717, 1.165) is 16.6 Å². The third kappa shape index (κ3) is 2.02. The molecule has 0 amide bonds. The van der Waals surface area contributed by atoms with Crippen LogP contribution in [-0.2, 0) is 6.54 Å². The van der Waals surface area contributed by atoms with Gasteiger partial charge in [0.25, 0.3) is 5.56 Å². The molecule has 2 heterocycles. The maximum atomic E-state index is 12.4. The van der Waals surface area contributed by atoms with Crippen LogP contribution in [0.4, 0.5) is 5.69 Å². The molecule has 0 aliphatic rings. The van der Waals surface area contributed by atoms with E-state index in [2.05, 4.69) is 4.98 Å². The smallest absolute Gasteiger partial charge is 0.271 e. The van der Waals surface area contributed by atoms with Gasteiger partial charge in [0.15, 0.2) is 0 Å². The Kier molecular flexibility index (Phi) is 2.83. The van der Waals surface area contributed by atoms with E-state index in [-0.39, 0.29) is 5.56 Å². The Balaban J connectivity index is 2.09. The molecule has 2 N–H and O–H groups in total. The van der Waals surface area contributed by atoms with Gasteiger partial charge in [-0.15, -0.1) is 11.3 Å². The van der Waals surface area contributed by atoms with Gasteiger partial charge in [-0.2, -0.15) is 0 Å². The molecule has 3 rings (SSSR count).